The molecular weight excluding hydrogens is 238 g/mol. The van der Waals surface area contributed by atoms with Crippen LogP contribution in [0.2, 0.25) is 0 Å². The smallest absolute Gasteiger partial charge is 0.287 e. The van der Waals surface area contributed by atoms with E-state index in [1.807, 2.05) is 0 Å². The Morgan fingerprint density at radius 3 is 2.83 bits per heavy atom. The molecule has 0 saturated heterocycles. The van der Waals surface area contributed by atoms with Crippen molar-refractivity contribution in [3.8, 4) is 0 Å². The predicted molar refractivity (Wildman–Crippen MR) is 62.0 cm³/mol. The molecule has 0 aliphatic heterocycles. The predicted octanol–water partition coefficient (Wildman–Crippen LogP) is 1.60. The van der Waals surface area contributed by atoms with Gasteiger partial charge >= 0.3 is 0 Å². The molecule has 8 nitrogen and oxygen atoms in total. The van der Waals surface area contributed by atoms with Crippen LogP contribution in [-0.4, -0.2) is 20.0 Å². The lowest BCUT2D eigenvalue weighted by Gasteiger charge is -2.05. The van der Waals surface area contributed by atoms with E-state index in [0.717, 1.165) is 0 Å². The van der Waals surface area contributed by atoms with Gasteiger partial charge in [0.1, 0.15) is 12.0 Å². The van der Waals surface area contributed by atoms with Crippen molar-refractivity contribution in [3.05, 3.63) is 39.7 Å². The maximum atomic E-state index is 10.6. The Kier molecular flexibility index (Phi) is 3.18. The molecule has 0 saturated carbocycles. The second-order valence-corrected chi connectivity index (χ2v) is 3.70. The van der Waals surface area contributed by atoms with Crippen LogP contribution in [0.5, 0.6) is 0 Å². The molecule has 0 aromatic carbocycles. The largest absolute Gasteiger partial charge is 0.362 e. The highest BCUT2D eigenvalue weighted by Crippen LogP contribution is 2.18. The molecule has 0 spiro atoms. The summed E-state index contributed by atoms with van der Waals surface area (Å²) in [6.45, 7) is 3.79. The van der Waals surface area contributed by atoms with Gasteiger partial charge < -0.3 is 9.84 Å². The summed E-state index contributed by atoms with van der Waals surface area (Å²) in [7, 11) is 0. The molecule has 0 unspecified atom stereocenters. The number of anilines is 1. The van der Waals surface area contributed by atoms with Gasteiger partial charge in [0.15, 0.2) is 5.82 Å². The first kappa shape index (κ1) is 12.0. The van der Waals surface area contributed by atoms with Crippen molar-refractivity contribution in [2.24, 2.45) is 0 Å². The maximum Gasteiger partial charge on any atom is 0.287 e. The summed E-state index contributed by atoms with van der Waals surface area (Å²) in [5, 5.41) is 17.3. The molecular formula is C10H11N5O3. The number of nitro groups is 1. The summed E-state index contributed by atoms with van der Waals surface area (Å²) in [5.74, 6) is 1.55. The number of nitrogens with zero attached hydrogens (tertiary/aromatic N) is 4. The van der Waals surface area contributed by atoms with Crippen molar-refractivity contribution in [1.29, 1.82) is 0 Å². The summed E-state index contributed by atoms with van der Waals surface area (Å²) in [6, 6.07) is 1.46. The van der Waals surface area contributed by atoms with Gasteiger partial charge in [0.2, 0.25) is 5.89 Å². The number of rotatable bonds is 4. The highest BCUT2D eigenvalue weighted by Gasteiger charge is 2.10. The third-order valence-corrected chi connectivity index (χ3v) is 2.26. The Morgan fingerprint density at radius 1 is 1.50 bits per heavy atom. The highest BCUT2D eigenvalue weighted by molar-refractivity contribution is 5.48. The number of aryl methyl sites for hydroxylation is 2. The van der Waals surface area contributed by atoms with E-state index < -0.39 is 4.92 Å². The van der Waals surface area contributed by atoms with Gasteiger partial charge in [-0.15, -0.1) is 0 Å². The highest BCUT2D eigenvalue weighted by atomic mass is 16.6. The van der Waals surface area contributed by atoms with Crippen molar-refractivity contribution < 1.29 is 9.45 Å². The van der Waals surface area contributed by atoms with E-state index in [9.17, 15) is 10.1 Å². The molecule has 2 rings (SSSR count). The lowest BCUT2D eigenvalue weighted by Crippen LogP contribution is -2.05. The normalized spacial score (nSPS) is 10.3. The number of nitrogens with one attached hydrogen (secondary N) is 1. The van der Waals surface area contributed by atoms with Crippen molar-refractivity contribution in [2.75, 3.05) is 5.32 Å². The van der Waals surface area contributed by atoms with Crippen molar-refractivity contribution in [2.45, 2.75) is 20.4 Å². The zero-order valence-electron chi connectivity index (χ0n) is 9.88. The molecule has 0 bridgehead atoms. The van der Waals surface area contributed by atoms with Crippen LogP contribution in [0.25, 0.3) is 0 Å². The summed E-state index contributed by atoms with van der Waals surface area (Å²) >= 11 is 0. The minimum absolute atomic E-state index is 0.0338. The van der Waals surface area contributed by atoms with Gasteiger partial charge in [-0.1, -0.05) is 5.16 Å². The summed E-state index contributed by atoms with van der Waals surface area (Å²) in [5.41, 5.74) is 0.651. The van der Waals surface area contributed by atoms with Crippen LogP contribution in [0, 0.1) is 24.0 Å². The van der Waals surface area contributed by atoms with Crippen LogP contribution >= 0.6 is 0 Å². The molecule has 2 aromatic heterocycles. The van der Waals surface area contributed by atoms with Crippen LogP contribution in [0.1, 0.15) is 17.3 Å². The molecule has 0 atom stereocenters. The van der Waals surface area contributed by atoms with Crippen LogP contribution in [-0.2, 0) is 6.54 Å². The lowest BCUT2D eigenvalue weighted by atomic mass is 10.2. The van der Waals surface area contributed by atoms with E-state index in [2.05, 4.69) is 20.4 Å². The summed E-state index contributed by atoms with van der Waals surface area (Å²) in [4.78, 5) is 18.1. The molecule has 0 fully saturated rings. The molecule has 1 N–H and O–H groups in total. The quantitative estimate of drug-likeness (QED) is 0.647. The molecule has 2 heterocycles. The molecule has 2 aromatic rings. The zero-order chi connectivity index (χ0) is 13.1. The monoisotopic (exact) mass is 249 g/mol. The zero-order valence-corrected chi connectivity index (χ0v) is 9.88. The average molecular weight is 249 g/mol. The fraction of sp³-hybridized carbons (Fsp3) is 0.300. The van der Waals surface area contributed by atoms with Crippen molar-refractivity contribution in [1.82, 2.24) is 15.1 Å². The van der Waals surface area contributed by atoms with Gasteiger partial charge in [-0.25, -0.2) is 4.98 Å². The second-order valence-electron chi connectivity index (χ2n) is 3.70. The van der Waals surface area contributed by atoms with Crippen LogP contribution in [0.15, 0.2) is 16.8 Å². The Hall–Kier alpha value is -2.51. The Bertz CT molecular complexity index is 581. The Balaban J connectivity index is 2.08. The van der Waals surface area contributed by atoms with Crippen molar-refractivity contribution >= 4 is 11.5 Å². The summed E-state index contributed by atoms with van der Waals surface area (Å²) in [6.07, 6.45) is 1.21. The van der Waals surface area contributed by atoms with E-state index in [1.165, 1.54) is 12.3 Å². The molecule has 0 aliphatic rings. The van der Waals surface area contributed by atoms with Crippen LogP contribution < -0.4 is 5.32 Å². The fourth-order valence-electron chi connectivity index (χ4n) is 1.42. The first-order valence-electron chi connectivity index (χ1n) is 5.20. The van der Waals surface area contributed by atoms with Crippen LogP contribution in [0.3, 0.4) is 0 Å². The van der Waals surface area contributed by atoms with Crippen LogP contribution in [0.4, 0.5) is 11.5 Å². The van der Waals surface area contributed by atoms with Gasteiger partial charge in [0.05, 0.1) is 11.5 Å². The van der Waals surface area contributed by atoms with Crippen molar-refractivity contribution in [3.63, 3.8) is 0 Å². The third-order valence-electron chi connectivity index (χ3n) is 2.26. The van der Waals surface area contributed by atoms with E-state index in [-0.39, 0.29) is 5.69 Å². The topological polar surface area (TPSA) is 107 Å². The lowest BCUT2D eigenvalue weighted by molar-refractivity contribution is -0.385. The van der Waals surface area contributed by atoms with E-state index >= 15 is 0 Å². The first-order valence-corrected chi connectivity index (χ1v) is 5.20. The molecule has 0 aliphatic carbocycles. The fourth-order valence-corrected chi connectivity index (χ4v) is 1.42. The minimum atomic E-state index is -0.480. The minimum Gasteiger partial charge on any atom is -0.362 e. The SMILES string of the molecule is Cc1nc(CNc2ncc([N+](=O)[O-])cc2C)no1. The summed E-state index contributed by atoms with van der Waals surface area (Å²) < 4.78 is 4.82. The van der Waals surface area contributed by atoms with E-state index in [4.69, 9.17) is 4.52 Å². The Morgan fingerprint density at radius 2 is 2.28 bits per heavy atom. The number of hydrogen-bond acceptors (Lipinski definition) is 7. The Labute approximate surface area is 102 Å². The number of hydrogen-bond donors (Lipinski definition) is 1. The van der Waals surface area contributed by atoms with Gasteiger partial charge in [0, 0.05) is 13.0 Å². The maximum absolute atomic E-state index is 10.6. The van der Waals surface area contributed by atoms with Gasteiger partial charge in [-0.3, -0.25) is 10.1 Å². The molecule has 0 radical (unpaired) electrons. The molecule has 18 heavy (non-hydrogen) atoms. The van der Waals surface area contributed by atoms with Gasteiger partial charge in [-0.05, 0) is 12.5 Å². The molecule has 8 heteroatoms. The van der Waals surface area contributed by atoms with E-state index in [0.29, 0.717) is 29.6 Å². The third kappa shape index (κ3) is 2.59. The van der Waals surface area contributed by atoms with Gasteiger partial charge in [-0.2, -0.15) is 4.98 Å². The standard InChI is InChI=1S/C10H11N5O3/c1-6-3-8(15(16)17)4-11-10(6)12-5-9-13-7(2)18-14-9/h3-4H,5H2,1-2H3,(H,11,12). The molecule has 0 amide bonds. The number of aromatic nitrogens is 3. The average Bonchev–Trinajstić information content (AvgIpc) is 2.73. The first-order chi connectivity index (χ1) is 8.56. The molecule has 94 valence electrons. The number of pyridine rings is 1. The van der Waals surface area contributed by atoms with Gasteiger partial charge in [0.25, 0.3) is 5.69 Å². The van der Waals surface area contributed by atoms with E-state index in [1.54, 1.807) is 13.8 Å². The second kappa shape index (κ2) is 4.78.